The second-order valence-electron chi connectivity index (χ2n) is 5.82. The summed E-state index contributed by atoms with van der Waals surface area (Å²) in [6.45, 7) is -1.41. The fraction of sp³-hybridized carbons (Fsp3) is 0.118. The Morgan fingerprint density at radius 3 is 2.63 bits per heavy atom. The Balaban J connectivity index is 2.00. The standard InChI is InChI=1S/C17H10F3N3O3S/c18-17(19,20)7-23-16(26)9-4-1-3-8(14(9)27-23)12-15(25)21-10-5-2-6-11(24)13(10)22-12/h1-6,24H,7H2,(H,21,25). The van der Waals surface area contributed by atoms with Crippen LogP contribution in [0, 0.1) is 0 Å². The number of aromatic hydroxyl groups is 1. The highest BCUT2D eigenvalue weighted by Gasteiger charge is 2.30. The molecule has 2 heterocycles. The summed E-state index contributed by atoms with van der Waals surface area (Å²) in [4.78, 5) is 31.5. The smallest absolute Gasteiger partial charge is 0.407 e. The van der Waals surface area contributed by atoms with Crippen LogP contribution in [0.25, 0.3) is 32.4 Å². The number of phenolic OH excluding ortho intramolecular Hbond substituents is 1. The Morgan fingerprint density at radius 2 is 1.89 bits per heavy atom. The number of halogens is 3. The molecule has 0 atom stereocenters. The number of para-hydroxylation sites is 1. The Labute approximate surface area is 152 Å². The molecule has 6 nitrogen and oxygen atoms in total. The Hall–Kier alpha value is -3.14. The maximum atomic E-state index is 12.7. The lowest BCUT2D eigenvalue weighted by atomic mass is 10.1. The predicted molar refractivity (Wildman–Crippen MR) is 95.2 cm³/mol. The molecule has 4 rings (SSSR count). The molecule has 0 saturated heterocycles. The van der Waals surface area contributed by atoms with Crippen LogP contribution in [0.15, 0.2) is 46.0 Å². The van der Waals surface area contributed by atoms with Gasteiger partial charge in [-0.05, 0) is 18.2 Å². The number of aromatic nitrogens is 3. The molecule has 4 aromatic rings. The van der Waals surface area contributed by atoms with E-state index in [1.54, 1.807) is 12.1 Å². The van der Waals surface area contributed by atoms with Crippen molar-refractivity contribution in [2.24, 2.45) is 0 Å². The second-order valence-corrected chi connectivity index (χ2v) is 6.85. The number of aromatic amines is 1. The number of hydrogen-bond acceptors (Lipinski definition) is 5. The summed E-state index contributed by atoms with van der Waals surface area (Å²) in [5.74, 6) is -0.153. The summed E-state index contributed by atoms with van der Waals surface area (Å²) in [5, 5.41) is 10.0. The summed E-state index contributed by atoms with van der Waals surface area (Å²) in [5.41, 5.74) is -0.764. The van der Waals surface area contributed by atoms with E-state index in [4.69, 9.17) is 0 Å². The molecular weight excluding hydrogens is 383 g/mol. The lowest BCUT2D eigenvalue weighted by Gasteiger charge is -2.05. The fourth-order valence-electron chi connectivity index (χ4n) is 2.82. The normalized spacial score (nSPS) is 12.1. The third kappa shape index (κ3) is 2.97. The molecule has 10 heteroatoms. The number of alkyl halides is 3. The second kappa shape index (κ2) is 5.95. The first kappa shape index (κ1) is 17.3. The Bertz CT molecular complexity index is 1300. The van der Waals surface area contributed by atoms with Gasteiger partial charge in [-0.25, -0.2) is 4.98 Å². The minimum atomic E-state index is -4.55. The highest BCUT2D eigenvalue weighted by atomic mass is 32.1. The van der Waals surface area contributed by atoms with Crippen molar-refractivity contribution in [2.45, 2.75) is 12.7 Å². The molecule has 0 aliphatic carbocycles. The zero-order valence-electron chi connectivity index (χ0n) is 13.4. The van der Waals surface area contributed by atoms with Crippen molar-refractivity contribution in [1.29, 1.82) is 0 Å². The van der Waals surface area contributed by atoms with E-state index in [0.29, 0.717) is 21.0 Å². The minimum Gasteiger partial charge on any atom is -0.506 e. The lowest BCUT2D eigenvalue weighted by Crippen LogP contribution is -2.23. The van der Waals surface area contributed by atoms with Gasteiger partial charge in [0.15, 0.2) is 0 Å². The summed E-state index contributed by atoms with van der Waals surface area (Å²) < 4.78 is 38.9. The molecule has 0 aliphatic rings. The van der Waals surface area contributed by atoms with Crippen molar-refractivity contribution in [3.8, 4) is 17.0 Å². The largest absolute Gasteiger partial charge is 0.506 e. The first-order valence-corrected chi connectivity index (χ1v) is 8.44. The lowest BCUT2D eigenvalue weighted by molar-refractivity contribution is -0.139. The molecule has 0 amide bonds. The van der Waals surface area contributed by atoms with E-state index in [2.05, 4.69) is 9.97 Å². The molecule has 0 aliphatic heterocycles. The van der Waals surface area contributed by atoms with Crippen molar-refractivity contribution in [3.63, 3.8) is 0 Å². The summed E-state index contributed by atoms with van der Waals surface area (Å²) in [7, 11) is 0. The van der Waals surface area contributed by atoms with Crippen LogP contribution in [0.4, 0.5) is 13.2 Å². The van der Waals surface area contributed by atoms with Gasteiger partial charge >= 0.3 is 6.18 Å². The first-order chi connectivity index (χ1) is 12.7. The molecule has 0 unspecified atom stereocenters. The summed E-state index contributed by atoms with van der Waals surface area (Å²) in [6.07, 6.45) is -4.55. The third-order valence-electron chi connectivity index (χ3n) is 3.95. The number of H-pyrrole nitrogens is 1. The van der Waals surface area contributed by atoms with Gasteiger partial charge in [0, 0.05) is 5.56 Å². The van der Waals surface area contributed by atoms with Crippen LogP contribution in [-0.4, -0.2) is 25.2 Å². The van der Waals surface area contributed by atoms with Crippen LogP contribution in [-0.2, 0) is 6.54 Å². The van der Waals surface area contributed by atoms with Crippen LogP contribution in [0.5, 0.6) is 5.75 Å². The van der Waals surface area contributed by atoms with E-state index in [1.807, 2.05) is 0 Å². The van der Waals surface area contributed by atoms with E-state index in [9.17, 15) is 27.9 Å². The number of phenols is 1. The summed E-state index contributed by atoms with van der Waals surface area (Å²) in [6, 6.07) is 8.87. The maximum absolute atomic E-state index is 12.7. The van der Waals surface area contributed by atoms with Gasteiger partial charge in [0.2, 0.25) is 0 Å². The van der Waals surface area contributed by atoms with Crippen molar-refractivity contribution in [2.75, 3.05) is 0 Å². The predicted octanol–water partition coefficient (Wildman–Crippen LogP) is 3.23. The van der Waals surface area contributed by atoms with Crippen LogP contribution in [0.2, 0.25) is 0 Å². The SMILES string of the molecule is O=c1[nH]c2cccc(O)c2nc1-c1cccc2c(=O)n(CC(F)(F)F)sc12. The molecule has 2 aromatic carbocycles. The molecule has 2 aromatic heterocycles. The molecule has 0 radical (unpaired) electrons. The number of hydrogen-bond donors (Lipinski definition) is 2. The highest BCUT2D eigenvalue weighted by molar-refractivity contribution is 7.14. The van der Waals surface area contributed by atoms with Gasteiger partial charge in [-0.3, -0.25) is 13.5 Å². The minimum absolute atomic E-state index is 0.0698. The number of benzene rings is 2. The molecule has 2 N–H and O–H groups in total. The average Bonchev–Trinajstić information content (AvgIpc) is 2.89. The number of nitrogens with one attached hydrogen (secondary N) is 1. The fourth-order valence-corrected chi connectivity index (χ4v) is 3.95. The first-order valence-electron chi connectivity index (χ1n) is 7.66. The Kier molecular flexibility index (Phi) is 3.81. The summed E-state index contributed by atoms with van der Waals surface area (Å²) >= 11 is 0.619. The van der Waals surface area contributed by atoms with Crippen LogP contribution >= 0.6 is 11.5 Å². The van der Waals surface area contributed by atoms with Gasteiger partial charge < -0.3 is 10.1 Å². The topological polar surface area (TPSA) is 88.0 Å². The van der Waals surface area contributed by atoms with Crippen LogP contribution in [0.1, 0.15) is 0 Å². The molecule has 0 spiro atoms. The number of nitrogens with zero attached hydrogens (tertiary/aromatic N) is 2. The molecular formula is C17H10F3N3O3S. The monoisotopic (exact) mass is 393 g/mol. The van der Waals surface area contributed by atoms with E-state index < -0.39 is 23.8 Å². The molecule has 27 heavy (non-hydrogen) atoms. The van der Waals surface area contributed by atoms with E-state index in [1.165, 1.54) is 24.3 Å². The van der Waals surface area contributed by atoms with E-state index in [0.717, 1.165) is 0 Å². The number of fused-ring (bicyclic) bond motifs is 2. The zero-order valence-corrected chi connectivity index (χ0v) is 14.2. The quantitative estimate of drug-likeness (QED) is 0.547. The van der Waals surface area contributed by atoms with Crippen molar-refractivity contribution in [1.82, 2.24) is 13.9 Å². The molecule has 0 saturated carbocycles. The Morgan fingerprint density at radius 1 is 1.15 bits per heavy atom. The van der Waals surface area contributed by atoms with Gasteiger partial charge in [0.1, 0.15) is 23.5 Å². The van der Waals surface area contributed by atoms with Gasteiger partial charge in [0.05, 0.1) is 15.6 Å². The molecule has 0 fully saturated rings. The van der Waals surface area contributed by atoms with Crippen molar-refractivity contribution in [3.05, 3.63) is 57.1 Å². The van der Waals surface area contributed by atoms with E-state index in [-0.39, 0.29) is 32.6 Å². The van der Waals surface area contributed by atoms with Crippen molar-refractivity contribution >= 4 is 32.7 Å². The van der Waals surface area contributed by atoms with Crippen LogP contribution < -0.4 is 11.1 Å². The van der Waals surface area contributed by atoms with Gasteiger partial charge in [-0.15, -0.1) is 0 Å². The van der Waals surface area contributed by atoms with Gasteiger partial charge in [-0.1, -0.05) is 29.7 Å². The zero-order chi connectivity index (χ0) is 19.3. The third-order valence-corrected chi connectivity index (χ3v) is 5.09. The number of rotatable bonds is 2. The maximum Gasteiger partial charge on any atom is 0.407 e. The van der Waals surface area contributed by atoms with Crippen LogP contribution in [0.3, 0.4) is 0 Å². The molecule has 138 valence electrons. The molecule has 0 bridgehead atoms. The average molecular weight is 393 g/mol. The van der Waals surface area contributed by atoms with Gasteiger partial charge in [-0.2, -0.15) is 13.2 Å². The highest BCUT2D eigenvalue weighted by Crippen LogP contribution is 2.30. The van der Waals surface area contributed by atoms with Gasteiger partial charge in [0.25, 0.3) is 11.1 Å². The van der Waals surface area contributed by atoms with E-state index >= 15 is 0 Å². The van der Waals surface area contributed by atoms with Crippen molar-refractivity contribution < 1.29 is 18.3 Å².